The number of nitrogens with zero attached hydrogens (tertiary/aromatic N) is 1. The number of nitrogens with one attached hydrogen (secondary N) is 1. The van der Waals surface area contributed by atoms with Crippen molar-refractivity contribution in [3.8, 4) is 11.6 Å². The molecule has 116 valence electrons. The highest BCUT2D eigenvalue weighted by Crippen LogP contribution is 2.23. The monoisotopic (exact) mass is 303 g/mol. The Hall–Kier alpha value is -2.47. The minimum atomic E-state index is -0.966. The maximum atomic E-state index is 13.2. The van der Waals surface area contributed by atoms with Crippen molar-refractivity contribution in [2.45, 2.75) is 25.9 Å². The van der Waals surface area contributed by atoms with Gasteiger partial charge in [0.25, 0.3) is 0 Å². The van der Waals surface area contributed by atoms with Crippen LogP contribution < -0.4 is 15.8 Å². The fraction of sp³-hybridized carbons (Fsp3) is 0.250. The molecule has 0 radical (unpaired) electrons. The largest absolute Gasteiger partial charge is 0.439 e. The van der Waals surface area contributed by atoms with Crippen LogP contribution in [0.25, 0.3) is 0 Å². The fourth-order valence-electron chi connectivity index (χ4n) is 1.70. The van der Waals surface area contributed by atoms with Gasteiger partial charge in [-0.3, -0.25) is 4.79 Å². The average molecular weight is 303 g/mol. The van der Waals surface area contributed by atoms with Crippen LogP contribution in [0.4, 0.5) is 4.39 Å². The standard InChI is InChI=1S/C16H18FN3O2/c1-16(2,18)15(21)20-10-11-5-4-8-19-14(11)22-13-7-3-6-12(17)9-13/h3-9H,10,18H2,1-2H3,(H,20,21). The van der Waals surface area contributed by atoms with Crippen LogP contribution in [-0.4, -0.2) is 16.4 Å². The van der Waals surface area contributed by atoms with Gasteiger partial charge in [-0.25, -0.2) is 9.37 Å². The first-order chi connectivity index (χ1) is 10.4. The summed E-state index contributed by atoms with van der Waals surface area (Å²) in [6.07, 6.45) is 1.56. The van der Waals surface area contributed by atoms with Crippen molar-refractivity contribution in [2.75, 3.05) is 0 Å². The second kappa shape index (κ2) is 6.53. The molecule has 3 N–H and O–H groups in total. The molecule has 0 fully saturated rings. The van der Waals surface area contributed by atoms with E-state index in [1.807, 2.05) is 0 Å². The van der Waals surface area contributed by atoms with Crippen LogP contribution >= 0.6 is 0 Å². The number of nitrogens with two attached hydrogens (primary N) is 1. The van der Waals surface area contributed by atoms with E-state index in [4.69, 9.17) is 10.5 Å². The van der Waals surface area contributed by atoms with E-state index < -0.39 is 11.4 Å². The maximum absolute atomic E-state index is 13.2. The molecule has 1 aromatic carbocycles. The molecule has 22 heavy (non-hydrogen) atoms. The van der Waals surface area contributed by atoms with Gasteiger partial charge in [-0.1, -0.05) is 12.1 Å². The van der Waals surface area contributed by atoms with Crippen LogP contribution in [0, 0.1) is 5.82 Å². The first-order valence-electron chi connectivity index (χ1n) is 6.81. The first-order valence-corrected chi connectivity index (χ1v) is 6.81. The van der Waals surface area contributed by atoms with E-state index in [1.54, 1.807) is 44.3 Å². The normalized spacial score (nSPS) is 11.1. The molecule has 0 aliphatic heterocycles. The second-order valence-corrected chi connectivity index (χ2v) is 5.43. The highest BCUT2D eigenvalue weighted by molar-refractivity contribution is 5.85. The zero-order valence-corrected chi connectivity index (χ0v) is 12.5. The van der Waals surface area contributed by atoms with E-state index in [2.05, 4.69) is 10.3 Å². The molecule has 1 aromatic heterocycles. The molecular weight excluding hydrogens is 285 g/mol. The summed E-state index contributed by atoms with van der Waals surface area (Å²) < 4.78 is 18.8. The van der Waals surface area contributed by atoms with Crippen LogP contribution in [0.2, 0.25) is 0 Å². The number of hydrogen-bond acceptors (Lipinski definition) is 4. The molecular formula is C16H18FN3O2. The minimum absolute atomic E-state index is 0.220. The van der Waals surface area contributed by atoms with Crippen LogP contribution in [0.5, 0.6) is 11.6 Å². The van der Waals surface area contributed by atoms with Crippen molar-refractivity contribution in [1.82, 2.24) is 10.3 Å². The SMILES string of the molecule is CC(C)(N)C(=O)NCc1cccnc1Oc1cccc(F)c1. The summed E-state index contributed by atoms with van der Waals surface area (Å²) >= 11 is 0. The Morgan fingerprint density at radius 3 is 2.82 bits per heavy atom. The third kappa shape index (κ3) is 4.26. The van der Waals surface area contributed by atoms with Crippen LogP contribution in [0.3, 0.4) is 0 Å². The number of aromatic nitrogens is 1. The molecule has 0 aliphatic carbocycles. The first kappa shape index (κ1) is 15.9. The zero-order valence-electron chi connectivity index (χ0n) is 12.5. The van der Waals surface area contributed by atoms with Gasteiger partial charge in [0.15, 0.2) is 0 Å². The van der Waals surface area contributed by atoms with E-state index in [-0.39, 0.29) is 12.5 Å². The molecule has 0 unspecified atom stereocenters. The summed E-state index contributed by atoms with van der Waals surface area (Å²) in [5.74, 6) is -0.0325. The Balaban J connectivity index is 2.12. The number of halogens is 1. The smallest absolute Gasteiger partial charge is 0.239 e. The van der Waals surface area contributed by atoms with Gasteiger partial charge >= 0.3 is 0 Å². The summed E-state index contributed by atoms with van der Waals surface area (Å²) in [6, 6.07) is 9.27. The quantitative estimate of drug-likeness (QED) is 0.889. The molecule has 1 amide bonds. The third-order valence-electron chi connectivity index (χ3n) is 2.89. The fourth-order valence-corrected chi connectivity index (χ4v) is 1.70. The number of carbonyl (C=O) groups excluding carboxylic acids is 1. The predicted molar refractivity (Wildman–Crippen MR) is 80.8 cm³/mol. The van der Waals surface area contributed by atoms with Crippen molar-refractivity contribution in [1.29, 1.82) is 0 Å². The second-order valence-electron chi connectivity index (χ2n) is 5.43. The number of rotatable bonds is 5. The number of carbonyl (C=O) groups is 1. The van der Waals surface area contributed by atoms with Crippen molar-refractivity contribution in [2.24, 2.45) is 5.73 Å². The average Bonchev–Trinajstić information content (AvgIpc) is 2.45. The van der Waals surface area contributed by atoms with E-state index >= 15 is 0 Å². The summed E-state index contributed by atoms with van der Waals surface area (Å²) in [5, 5.41) is 2.72. The molecule has 0 saturated heterocycles. The van der Waals surface area contributed by atoms with Gasteiger partial charge in [0.1, 0.15) is 11.6 Å². The lowest BCUT2D eigenvalue weighted by atomic mass is 10.1. The van der Waals surface area contributed by atoms with Gasteiger partial charge < -0.3 is 15.8 Å². The van der Waals surface area contributed by atoms with Gasteiger partial charge in [0, 0.05) is 24.4 Å². The number of ether oxygens (including phenoxy) is 1. The zero-order chi connectivity index (χ0) is 16.2. The van der Waals surface area contributed by atoms with E-state index in [9.17, 15) is 9.18 Å². The Labute approximate surface area is 128 Å². The highest BCUT2D eigenvalue weighted by Gasteiger charge is 2.21. The predicted octanol–water partition coefficient (Wildman–Crippen LogP) is 2.37. The summed E-state index contributed by atoms with van der Waals surface area (Å²) in [4.78, 5) is 15.9. The van der Waals surface area contributed by atoms with Gasteiger partial charge in [-0.05, 0) is 32.0 Å². The van der Waals surface area contributed by atoms with Gasteiger partial charge in [-0.15, -0.1) is 0 Å². The van der Waals surface area contributed by atoms with Crippen LogP contribution in [0.15, 0.2) is 42.6 Å². The molecule has 0 saturated carbocycles. The third-order valence-corrected chi connectivity index (χ3v) is 2.89. The number of hydrogen-bond donors (Lipinski definition) is 2. The summed E-state index contributed by atoms with van der Waals surface area (Å²) in [6.45, 7) is 3.46. The Morgan fingerprint density at radius 2 is 2.14 bits per heavy atom. The maximum Gasteiger partial charge on any atom is 0.239 e. The summed E-state index contributed by atoms with van der Waals surface area (Å²) in [7, 11) is 0. The van der Waals surface area contributed by atoms with Crippen LogP contribution in [-0.2, 0) is 11.3 Å². The molecule has 6 heteroatoms. The van der Waals surface area contributed by atoms with E-state index in [0.717, 1.165) is 0 Å². The van der Waals surface area contributed by atoms with Crippen LogP contribution in [0.1, 0.15) is 19.4 Å². The number of pyridine rings is 1. The molecule has 2 rings (SSSR count). The Kier molecular flexibility index (Phi) is 4.72. The van der Waals surface area contributed by atoms with Gasteiger partial charge in [0.05, 0.1) is 5.54 Å². The van der Waals surface area contributed by atoms with E-state index in [0.29, 0.717) is 17.2 Å². The lowest BCUT2D eigenvalue weighted by molar-refractivity contribution is -0.125. The lowest BCUT2D eigenvalue weighted by Crippen LogP contribution is -2.48. The van der Waals surface area contributed by atoms with Crippen molar-refractivity contribution < 1.29 is 13.9 Å². The minimum Gasteiger partial charge on any atom is -0.439 e. The topological polar surface area (TPSA) is 77.2 Å². The molecule has 2 aromatic rings. The molecule has 0 aliphatic rings. The summed E-state index contributed by atoms with van der Waals surface area (Å²) in [5.41, 5.74) is 5.43. The number of benzene rings is 1. The molecule has 5 nitrogen and oxygen atoms in total. The van der Waals surface area contributed by atoms with Crippen molar-refractivity contribution in [3.05, 3.63) is 54.0 Å². The highest BCUT2D eigenvalue weighted by atomic mass is 19.1. The molecule has 0 bridgehead atoms. The lowest BCUT2D eigenvalue weighted by Gasteiger charge is -2.18. The Morgan fingerprint density at radius 1 is 1.36 bits per heavy atom. The van der Waals surface area contributed by atoms with Crippen molar-refractivity contribution >= 4 is 5.91 Å². The van der Waals surface area contributed by atoms with Gasteiger partial charge in [0.2, 0.25) is 11.8 Å². The number of amides is 1. The van der Waals surface area contributed by atoms with E-state index in [1.165, 1.54) is 12.1 Å². The molecule has 1 heterocycles. The molecule has 0 atom stereocenters. The molecule has 0 spiro atoms. The van der Waals surface area contributed by atoms with Crippen molar-refractivity contribution in [3.63, 3.8) is 0 Å². The Bertz CT molecular complexity index is 668. The van der Waals surface area contributed by atoms with Gasteiger partial charge in [-0.2, -0.15) is 0 Å².